The molecule has 0 radical (unpaired) electrons. The molecule has 0 aliphatic rings. The highest BCUT2D eigenvalue weighted by molar-refractivity contribution is 6.24. The highest BCUT2D eigenvalue weighted by Crippen LogP contribution is 2.47. The van der Waals surface area contributed by atoms with Crippen LogP contribution in [0.25, 0.3) is 98.4 Å². The molecule has 0 N–H and O–H groups in total. The third-order valence-electron chi connectivity index (χ3n) is 9.83. The van der Waals surface area contributed by atoms with Crippen LogP contribution in [0.1, 0.15) is 0 Å². The molecule has 1 heteroatoms. The Labute approximate surface area is 271 Å². The monoisotopic (exact) mass is 596 g/mol. The largest absolute Gasteiger partial charge is 0.456 e. The third-order valence-corrected chi connectivity index (χ3v) is 9.83. The van der Waals surface area contributed by atoms with Crippen LogP contribution >= 0.6 is 0 Å². The van der Waals surface area contributed by atoms with Crippen LogP contribution in [0.4, 0.5) is 0 Å². The summed E-state index contributed by atoms with van der Waals surface area (Å²) in [5.41, 5.74) is 9.36. The molecule has 218 valence electrons. The first-order chi connectivity index (χ1) is 23.3. The lowest BCUT2D eigenvalue weighted by Gasteiger charge is -2.20. The summed E-state index contributed by atoms with van der Waals surface area (Å²) in [6.45, 7) is 0. The van der Waals surface area contributed by atoms with Crippen LogP contribution in [-0.2, 0) is 0 Å². The van der Waals surface area contributed by atoms with Gasteiger partial charge < -0.3 is 4.42 Å². The van der Waals surface area contributed by atoms with Crippen LogP contribution < -0.4 is 0 Å². The molecular weight excluding hydrogens is 569 g/mol. The smallest absolute Gasteiger partial charge is 0.136 e. The van der Waals surface area contributed by atoms with Gasteiger partial charge >= 0.3 is 0 Å². The Bertz CT molecular complexity index is 2780. The van der Waals surface area contributed by atoms with E-state index in [2.05, 4.69) is 158 Å². The van der Waals surface area contributed by atoms with E-state index in [1.54, 1.807) is 0 Å². The Balaban J connectivity index is 1.26. The third kappa shape index (κ3) is 3.97. The van der Waals surface area contributed by atoms with Crippen LogP contribution in [0.15, 0.2) is 174 Å². The summed E-state index contributed by atoms with van der Waals surface area (Å²) in [5.74, 6) is 0. The van der Waals surface area contributed by atoms with Crippen molar-refractivity contribution in [2.75, 3.05) is 0 Å². The quantitative estimate of drug-likeness (QED) is 0.185. The molecule has 10 aromatic rings. The molecule has 0 aliphatic carbocycles. The molecular formula is C46H28O. The normalized spacial score (nSPS) is 11.8. The van der Waals surface area contributed by atoms with E-state index in [-0.39, 0.29) is 0 Å². The Kier molecular flexibility index (Phi) is 5.64. The minimum Gasteiger partial charge on any atom is -0.456 e. The van der Waals surface area contributed by atoms with Gasteiger partial charge in [0.15, 0.2) is 0 Å². The lowest BCUT2D eigenvalue weighted by atomic mass is 9.83. The van der Waals surface area contributed by atoms with E-state index in [0.29, 0.717) is 0 Å². The van der Waals surface area contributed by atoms with Gasteiger partial charge in [0.2, 0.25) is 0 Å². The number of fused-ring (bicyclic) bond motifs is 7. The predicted octanol–water partition coefficient (Wildman–Crippen LogP) is 13.2. The van der Waals surface area contributed by atoms with E-state index in [0.717, 1.165) is 21.9 Å². The maximum absolute atomic E-state index is 6.21. The molecule has 0 amide bonds. The molecule has 9 aromatic carbocycles. The van der Waals surface area contributed by atoms with Gasteiger partial charge in [0, 0.05) is 10.8 Å². The first-order valence-electron chi connectivity index (χ1n) is 16.2. The second kappa shape index (κ2) is 10.2. The summed E-state index contributed by atoms with van der Waals surface area (Å²) in [4.78, 5) is 0. The van der Waals surface area contributed by atoms with Crippen LogP contribution in [-0.4, -0.2) is 0 Å². The lowest BCUT2D eigenvalue weighted by molar-refractivity contribution is 0.669. The van der Waals surface area contributed by atoms with E-state index in [4.69, 9.17) is 4.42 Å². The first-order valence-corrected chi connectivity index (χ1v) is 16.2. The fourth-order valence-corrected chi connectivity index (χ4v) is 7.74. The van der Waals surface area contributed by atoms with E-state index in [1.807, 2.05) is 12.1 Å². The van der Waals surface area contributed by atoms with Gasteiger partial charge in [-0.2, -0.15) is 0 Å². The van der Waals surface area contributed by atoms with Gasteiger partial charge in [-0.25, -0.2) is 0 Å². The molecule has 47 heavy (non-hydrogen) atoms. The van der Waals surface area contributed by atoms with Gasteiger partial charge in [-0.05, 0) is 101 Å². The standard InChI is InChI=1S/C46H28O/c1-2-12-29(13-3-1)33-24-25-41(35-15-5-4-14-34(33)35)46-39-19-8-6-17-37(39)45(38-18-7-9-20-40(38)46)31-23-22-30-28-44-42(27-32(30)26-31)36-16-10-11-21-43(36)47-44/h1-28H. The van der Waals surface area contributed by atoms with Crippen molar-refractivity contribution in [1.29, 1.82) is 0 Å². The second-order valence-electron chi connectivity index (χ2n) is 12.4. The van der Waals surface area contributed by atoms with Gasteiger partial charge in [-0.1, -0.05) is 146 Å². The number of hydrogen-bond acceptors (Lipinski definition) is 1. The van der Waals surface area contributed by atoms with Crippen LogP contribution in [0.3, 0.4) is 0 Å². The summed E-state index contributed by atoms with van der Waals surface area (Å²) < 4.78 is 6.21. The van der Waals surface area contributed by atoms with E-state index >= 15 is 0 Å². The zero-order chi connectivity index (χ0) is 30.9. The van der Waals surface area contributed by atoms with Crippen molar-refractivity contribution < 1.29 is 4.42 Å². The van der Waals surface area contributed by atoms with Crippen molar-refractivity contribution in [1.82, 2.24) is 0 Å². The van der Waals surface area contributed by atoms with E-state index in [1.165, 1.54) is 76.5 Å². The van der Waals surface area contributed by atoms with Crippen molar-refractivity contribution >= 4 is 65.0 Å². The summed E-state index contributed by atoms with van der Waals surface area (Å²) >= 11 is 0. The summed E-state index contributed by atoms with van der Waals surface area (Å²) in [5, 5.41) is 12.3. The van der Waals surface area contributed by atoms with Crippen LogP contribution in [0.2, 0.25) is 0 Å². The highest BCUT2D eigenvalue weighted by atomic mass is 16.3. The zero-order valence-electron chi connectivity index (χ0n) is 25.6. The average Bonchev–Trinajstić information content (AvgIpc) is 3.50. The SMILES string of the molecule is c1ccc(-c2ccc(-c3c4ccccc4c(-c4ccc5cc6oc7ccccc7c6cc5c4)c4ccccc34)c3ccccc23)cc1. The van der Waals surface area contributed by atoms with Crippen LogP contribution in [0.5, 0.6) is 0 Å². The minimum absolute atomic E-state index is 0.926. The molecule has 0 aliphatic heterocycles. The second-order valence-corrected chi connectivity index (χ2v) is 12.4. The highest BCUT2D eigenvalue weighted by Gasteiger charge is 2.19. The molecule has 0 saturated heterocycles. The summed E-state index contributed by atoms with van der Waals surface area (Å²) in [7, 11) is 0. The Hall–Kier alpha value is -6.18. The van der Waals surface area contributed by atoms with Crippen molar-refractivity contribution in [3.63, 3.8) is 0 Å². The summed E-state index contributed by atoms with van der Waals surface area (Å²) in [6, 6.07) is 61.7. The molecule has 0 unspecified atom stereocenters. The maximum atomic E-state index is 6.21. The number of furan rings is 1. The maximum Gasteiger partial charge on any atom is 0.136 e. The Morgan fingerprint density at radius 3 is 1.53 bits per heavy atom. The fraction of sp³-hybridized carbons (Fsp3) is 0. The number of benzene rings is 9. The van der Waals surface area contributed by atoms with E-state index < -0.39 is 0 Å². The predicted molar refractivity (Wildman–Crippen MR) is 200 cm³/mol. The molecule has 0 atom stereocenters. The topological polar surface area (TPSA) is 13.1 Å². The lowest BCUT2D eigenvalue weighted by Crippen LogP contribution is -1.92. The number of para-hydroxylation sites is 1. The average molecular weight is 597 g/mol. The van der Waals surface area contributed by atoms with Gasteiger partial charge in [0.05, 0.1) is 0 Å². The fourth-order valence-electron chi connectivity index (χ4n) is 7.74. The number of hydrogen-bond donors (Lipinski definition) is 0. The zero-order valence-corrected chi connectivity index (χ0v) is 25.6. The van der Waals surface area contributed by atoms with Crippen molar-refractivity contribution in [3.8, 4) is 33.4 Å². The molecule has 0 fully saturated rings. The molecule has 0 bridgehead atoms. The van der Waals surface area contributed by atoms with E-state index in [9.17, 15) is 0 Å². The van der Waals surface area contributed by atoms with Gasteiger partial charge in [0.25, 0.3) is 0 Å². The minimum atomic E-state index is 0.926. The molecule has 1 aromatic heterocycles. The summed E-state index contributed by atoms with van der Waals surface area (Å²) in [6.07, 6.45) is 0. The Morgan fingerprint density at radius 1 is 0.277 bits per heavy atom. The molecule has 0 spiro atoms. The molecule has 1 nitrogen and oxygen atoms in total. The molecule has 10 rings (SSSR count). The molecule has 0 saturated carbocycles. The van der Waals surface area contributed by atoms with Crippen molar-refractivity contribution in [2.45, 2.75) is 0 Å². The van der Waals surface area contributed by atoms with Gasteiger partial charge in [-0.15, -0.1) is 0 Å². The first kappa shape index (κ1) is 26.1. The number of rotatable bonds is 3. The van der Waals surface area contributed by atoms with Crippen molar-refractivity contribution in [3.05, 3.63) is 170 Å². The van der Waals surface area contributed by atoms with Gasteiger partial charge in [-0.3, -0.25) is 0 Å². The van der Waals surface area contributed by atoms with Crippen LogP contribution in [0, 0.1) is 0 Å². The molecule has 1 heterocycles. The van der Waals surface area contributed by atoms with Gasteiger partial charge in [0.1, 0.15) is 11.2 Å². The van der Waals surface area contributed by atoms with Crippen molar-refractivity contribution in [2.24, 2.45) is 0 Å². The Morgan fingerprint density at radius 2 is 0.830 bits per heavy atom.